The second-order valence-electron chi connectivity index (χ2n) is 6.78. The Bertz CT molecular complexity index is 1120. The Kier molecular flexibility index (Phi) is 4.99. The van der Waals surface area contributed by atoms with Gasteiger partial charge >= 0.3 is 5.97 Å². The molecule has 2 heterocycles. The van der Waals surface area contributed by atoms with Crippen molar-refractivity contribution >= 4 is 23.7 Å². The fraction of sp³-hybridized carbons (Fsp3) is 0.238. The van der Waals surface area contributed by atoms with Crippen LogP contribution in [0.5, 0.6) is 11.5 Å². The molecule has 0 bridgehead atoms. The van der Waals surface area contributed by atoms with Crippen molar-refractivity contribution in [2.75, 3.05) is 7.11 Å². The van der Waals surface area contributed by atoms with Gasteiger partial charge in [-0.1, -0.05) is 6.07 Å². The molecule has 148 valence electrons. The first-order valence-electron chi connectivity index (χ1n) is 9.23. The lowest BCUT2D eigenvalue weighted by Gasteiger charge is -2.09. The molecule has 0 radical (unpaired) electrons. The summed E-state index contributed by atoms with van der Waals surface area (Å²) < 4.78 is 12.4. The van der Waals surface area contributed by atoms with E-state index in [2.05, 4.69) is 15.5 Å². The standard InChI is InChI=1S/C21H20N4O4/c1-13-19(25-10-4-3-5-18(25)23-13)20(26)24-22-12-14-6-9-16(17(11-14)28-2)29-21(27)15-7-8-15/h3-6,9-12,15H,7-8H2,1-2H3,(H,24,26)/b22-12-. The number of imidazole rings is 1. The summed E-state index contributed by atoms with van der Waals surface area (Å²) in [6.07, 6.45) is 5.01. The highest BCUT2D eigenvalue weighted by molar-refractivity contribution is 5.95. The van der Waals surface area contributed by atoms with Gasteiger partial charge in [-0.05, 0) is 55.7 Å². The highest BCUT2D eigenvalue weighted by Gasteiger charge is 2.32. The number of hydrogen-bond donors (Lipinski definition) is 1. The summed E-state index contributed by atoms with van der Waals surface area (Å²) in [4.78, 5) is 28.7. The number of aryl methyl sites for hydroxylation is 1. The van der Waals surface area contributed by atoms with Gasteiger partial charge in [0.15, 0.2) is 11.5 Å². The normalized spacial score (nSPS) is 13.6. The lowest BCUT2D eigenvalue weighted by molar-refractivity contribution is -0.135. The van der Waals surface area contributed by atoms with E-state index in [9.17, 15) is 9.59 Å². The predicted octanol–water partition coefficient (Wildman–Crippen LogP) is 2.73. The summed E-state index contributed by atoms with van der Waals surface area (Å²) >= 11 is 0. The van der Waals surface area contributed by atoms with E-state index in [0.29, 0.717) is 34.1 Å². The molecular weight excluding hydrogens is 372 g/mol. The monoisotopic (exact) mass is 392 g/mol. The number of ether oxygens (including phenoxy) is 2. The molecule has 29 heavy (non-hydrogen) atoms. The minimum atomic E-state index is -0.362. The first-order chi connectivity index (χ1) is 14.1. The first-order valence-corrected chi connectivity index (χ1v) is 9.23. The van der Waals surface area contributed by atoms with Crippen molar-refractivity contribution in [2.45, 2.75) is 19.8 Å². The van der Waals surface area contributed by atoms with E-state index in [0.717, 1.165) is 12.8 Å². The second-order valence-corrected chi connectivity index (χ2v) is 6.78. The van der Waals surface area contributed by atoms with Crippen LogP contribution in [0.3, 0.4) is 0 Å². The van der Waals surface area contributed by atoms with Crippen LogP contribution in [0.15, 0.2) is 47.7 Å². The zero-order chi connectivity index (χ0) is 20.4. The molecule has 0 unspecified atom stereocenters. The molecule has 0 atom stereocenters. The molecule has 1 saturated carbocycles. The highest BCUT2D eigenvalue weighted by atomic mass is 16.6. The number of hydrogen-bond acceptors (Lipinski definition) is 6. The molecule has 0 aliphatic heterocycles. The van der Waals surface area contributed by atoms with E-state index in [4.69, 9.17) is 9.47 Å². The average Bonchev–Trinajstić information content (AvgIpc) is 3.51. The van der Waals surface area contributed by atoms with E-state index in [1.807, 2.05) is 18.2 Å². The molecule has 1 fully saturated rings. The van der Waals surface area contributed by atoms with Crippen molar-refractivity contribution in [1.29, 1.82) is 0 Å². The molecular formula is C21H20N4O4. The van der Waals surface area contributed by atoms with E-state index in [-0.39, 0.29) is 17.8 Å². The third-order valence-electron chi connectivity index (χ3n) is 4.61. The molecule has 0 spiro atoms. The number of nitrogens with one attached hydrogen (secondary N) is 1. The Morgan fingerprint density at radius 1 is 1.24 bits per heavy atom. The summed E-state index contributed by atoms with van der Waals surface area (Å²) in [6, 6.07) is 10.6. The molecule has 2 aromatic heterocycles. The Morgan fingerprint density at radius 3 is 2.83 bits per heavy atom. The van der Waals surface area contributed by atoms with Crippen LogP contribution >= 0.6 is 0 Å². The Morgan fingerprint density at radius 2 is 2.07 bits per heavy atom. The quantitative estimate of drug-likeness (QED) is 0.301. The highest BCUT2D eigenvalue weighted by Crippen LogP contribution is 2.34. The van der Waals surface area contributed by atoms with Crippen LogP contribution in [-0.4, -0.2) is 34.6 Å². The Hall–Kier alpha value is -3.68. The van der Waals surface area contributed by atoms with Gasteiger partial charge in [0.25, 0.3) is 5.91 Å². The van der Waals surface area contributed by atoms with E-state index < -0.39 is 0 Å². The lowest BCUT2D eigenvalue weighted by Crippen LogP contribution is -2.20. The molecule has 1 N–H and O–H groups in total. The molecule has 8 nitrogen and oxygen atoms in total. The van der Waals surface area contributed by atoms with E-state index >= 15 is 0 Å². The maximum absolute atomic E-state index is 12.5. The van der Waals surface area contributed by atoms with Gasteiger partial charge in [0.05, 0.1) is 24.9 Å². The molecule has 3 aromatic rings. The maximum atomic E-state index is 12.5. The van der Waals surface area contributed by atoms with Crippen molar-refractivity contribution < 1.29 is 19.1 Å². The summed E-state index contributed by atoms with van der Waals surface area (Å²) in [5.74, 6) is 0.192. The third-order valence-corrected chi connectivity index (χ3v) is 4.61. The number of carbonyl (C=O) groups is 2. The van der Waals surface area contributed by atoms with E-state index in [1.54, 1.807) is 35.7 Å². The Balaban J connectivity index is 1.46. The number of benzene rings is 1. The van der Waals surface area contributed by atoms with Crippen LogP contribution in [0.2, 0.25) is 0 Å². The SMILES string of the molecule is COc1cc(/C=N\NC(=O)c2c(C)nc3ccccn23)ccc1OC(=O)C1CC1. The van der Waals surface area contributed by atoms with Crippen LogP contribution in [0, 0.1) is 12.8 Å². The van der Waals surface area contributed by atoms with Gasteiger partial charge in [-0.15, -0.1) is 0 Å². The van der Waals surface area contributed by atoms with Gasteiger partial charge in [0.2, 0.25) is 0 Å². The topological polar surface area (TPSA) is 94.3 Å². The van der Waals surface area contributed by atoms with Crippen LogP contribution in [0.4, 0.5) is 0 Å². The number of amides is 1. The third kappa shape index (κ3) is 3.96. The lowest BCUT2D eigenvalue weighted by atomic mass is 10.2. The largest absolute Gasteiger partial charge is 0.493 e. The number of nitrogens with zero attached hydrogens (tertiary/aromatic N) is 3. The van der Waals surface area contributed by atoms with Crippen molar-refractivity contribution in [3.05, 3.63) is 59.5 Å². The van der Waals surface area contributed by atoms with Crippen LogP contribution < -0.4 is 14.9 Å². The number of esters is 1. The predicted molar refractivity (Wildman–Crippen MR) is 106 cm³/mol. The smallest absolute Gasteiger partial charge is 0.314 e. The molecule has 8 heteroatoms. The van der Waals surface area contributed by atoms with Gasteiger partial charge in [0, 0.05) is 6.20 Å². The molecule has 1 aromatic carbocycles. The van der Waals surface area contributed by atoms with Crippen LogP contribution in [0.25, 0.3) is 5.65 Å². The number of aromatic nitrogens is 2. The zero-order valence-corrected chi connectivity index (χ0v) is 16.1. The summed E-state index contributed by atoms with van der Waals surface area (Å²) in [5, 5.41) is 4.02. The van der Waals surface area contributed by atoms with Gasteiger partial charge < -0.3 is 9.47 Å². The van der Waals surface area contributed by atoms with Crippen molar-refractivity contribution in [1.82, 2.24) is 14.8 Å². The summed E-state index contributed by atoms with van der Waals surface area (Å²) in [7, 11) is 1.50. The van der Waals surface area contributed by atoms with Gasteiger partial charge in [-0.25, -0.2) is 10.4 Å². The maximum Gasteiger partial charge on any atom is 0.314 e. The number of hydrazone groups is 1. The fourth-order valence-electron chi connectivity index (χ4n) is 2.96. The number of carbonyl (C=O) groups excluding carboxylic acids is 2. The molecule has 1 aliphatic carbocycles. The van der Waals surface area contributed by atoms with Crippen LogP contribution in [0.1, 0.15) is 34.6 Å². The zero-order valence-electron chi connectivity index (χ0n) is 16.1. The summed E-state index contributed by atoms with van der Waals surface area (Å²) in [6.45, 7) is 1.78. The van der Waals surface area contributed by atoms with E-state index in [1.165, 1.54) is 13.3 Å². The van der Waals surface area contributed by atoms with Crippen molar-refractivity contribution in [3.63, 3.8) is 0 Å². The minimum Gasteiger partial charge on any atom is -0.493 e. The van der Waals surface area contributed by atoms with Gasteiger partial charge in [-0.2, -0.15) is 5.10 Å². The number of fused-ring (bicyclic) bond motifs is 1. The average molecular weight is 392 g/mol. The molecule has 1 amide bonds. The fourth-order valence-corrected chi connectivity index (χ4v) is 2.96. The van der Waals surface area contributed by atoms with Crippen LogP contribution in [-0.2, 0) is 4.79 Å². The molecule has 0 saturated heterocycles. The van der Waals surface area contributed by atoms with Gasteiger partial charge in [-0.3, -0.25) is 14.0 Å². The second kappa shape index (κ2) is 7.75. The minimum absolute atomic E-state index is 0.000702. The summed E-state index contributed by atoms with van der Waals surface area (Å²) in [5.41, 5.74) is 4.94. The number of pyridine rings is 1. The van der Waals surface area contributed by atoms with Gasteiger partial charge in [0.1, 0.15) is 11.3 Å². The number of rotatable bonds is 6. The first kappa shape index (κ1) is 18.7. The van der Waals surface area contributed by atoms with Crippen molar-refractivity contribution in [3.8, 4) is 11.5 Å². The molecule has 1 aliphatic rings. The Labute approximate surface area is 167 Å². The molecule has 4 rings (SSSR count). The number of methoxy groups -OCH3 is 1. The van der Waals surface area contributed by atoms with Crippen molar-refractivity contribution in [2.24, 2.45) is 11.0 Å².